The summed E-state index contributed by atoms with van der Waals surface area (Å²) in [5.41, 5.74) is 0.540. The third-order valence-electron chi connectivity index (χ3n) is 2.96. The lowest BCUT2D eigenvalue weighted by Crippen LogP contribution is -2.31. The number of carbonyl (C=O) groups is 2. The van der Waals surface area contributed by atoms with E-state index in [1.165, 1.54) is 0 Å². The van der Waals surface area contributed by atoms with Crippen molar-refractivity contribution in [2.45, 2.75) is 32.2 Å². The number of anilines is 1. The topological polar surface area (TPSA) is 83.1 Å². The van der Waals surface area contributed by atoms with Gasteiger partial charge in [-0.2, -0.15) is 0 Å². The summed E-state index contributed by atoms with van der Waals surface area (Å²) in [5.74, 6) is 0.480. The van der Waals surface area contributed by atoms with E-state index in [2.05, 4.69) is 20.9 Å². The fourth-order valence-electron chi connectivity index (χ4n) is 1.77. The average molecular weight is 276 g/mol. The molecule has 0 bridgehead atoms. The standard InChI is InChI=1S/C14H20N4O2/c1-2-15-12-9-10(5-7-16-12)14(20)17-8-6-13(19)18-11-3-4-11/h5,7,9,11H,2-4,6,8H2,1H3,(H,15,16)(H,17,20)(H,18,19). The predicted octanol–water partition coefficient (Wildman–Crippen LogP) is 0.912. The highest BCUT2D eigenvalue weighted by Gasteiger charge is 2.22. The van der Waals surface area contributed by atoms with Gasteiger partial charge in [-0.05, 0) is 31.9 Å². The second-order valence-corrected chi connectivity index (χ2v) is 4.81. The Morgan fingerprint density at radius 2 is 2.20 bits per heavy atom. The number of aromatic nitrogens is 1. The highest BCUT2D eigenvalue weighted by atomic mass is 16.2. The molecule has 0 radical (unpaired) electrons. The first-order valence-electron chi connectivity index (χ1n) is 6.96. The minimum absolute atomic E-state index is 0.00383. The van der Waals surface area contributed by atoms with Crippen LogP contribution in [0.4, 0.5) is 5.82 Å². The van der Waals surface area contributed by atoms with Gasteiger partial charge < -0.3 is 16.0 Å². The Bertz CT molecular complexity index is 486. The molecule has 1 saturated carbocycles. The number of nitrogens with one attached hydrogen (secondary N) is 3. The van der Waals surface area contributed by atoms with Gasteiger partial charge in [-0.15, -0.1) is 0 Å². The quantitative estimate of drug-likeness (QED) is 0.691. The van der Waals surface area contributed by atoms with Gasteiger partial charge in [0, 0.05) is 37.3 Å². The fourth-order valence-corrected chi connectivity index (χ4v) is 1.77. The molecule has 6 nitrogen and oxygen atoms in total. The zero-order valence-electron chi connectivity index (χ0n) is 11.6. The van der Waals surface area contributed by atoms with Gasteiger partial charge in [0.2, 0.25) is 5.91 Å². The van der Waals surface area contributed by atoms with Gasteiger partial charge in [0.05, 0.1) is 0 Å². The largest absolute Gasteiger partial charge is 0.370 e. The van der Waals surface area contributed by atoms with Crippen LogP contribution in [-0.2, 0) is 4.79 Å². The minimum atomic E-state index is -0.189. The molecule has 0 aliphatic heterocycles. The van der Waals surface area contributed by atoms with E-state index >= 15 is 0 Å². The number of pyridine rings is 1. The second kappa shape index (κ2) is 6.88. The van der Waals surface area contributed by atoms with Gasteiger partial charge in [-0.1, -0.05) is 0 Å². The highest BCUT2D eigenvalue weighted by Crippen LogP contribution is 2.18. The lowest BCUT2D eigenvalue weighted by atomic mass is 10.2. The van der Waals surface area contributed by atoms with Gasteiger partial charge in [-0.3, -0.25) is 9.59 Å². The molecule has 2 rings (SSSR count). The van der Waals surface area contributed by atoms with Crippen LogP contribution in [0.1, 0.15) is 36.5 Å². The molecule has 2 amide bonds. The van der Waals surface area contributed by atoms with Gasteiger partial charge >= 0.3 is 0 Å². The monoisotopic (exact) mass is 276 g/mol. The third kappa shape index (κ3) is 4.53. The summed E-state index contributed by atoms with van der Waals surface area (Å²) in [4.78, 5) is 27.5. The molecule has 0 saturated heterocycles. The Hall–Kier alpha value is -2.11. The summed E-state index contributed by atoms with van der Waals surface area (Å²) in [7, 11) is 0. The number of hydrogen-bond acceptors (Lipinski definition) is 4. The number of carbonyl (C=O) groups excluding carboxylic acids is 2. The lowest BCUT2D eigenvalue weighted by molar-refractivity contribution is -0.121. The first-order chi connectivity index (χ1) is 9.69. The Morgan fingerprint density at radius 3 is 2.90 bits per heavy atom. The van der Waals surface area contributed by atoms with Crippen LogP contribution >= 0.6 is 0 Å². The number of nitrogens with zero attached hydrogens (tertiary/aromatic N) is 1. The molecule has 1 heterocycles. The van der Waals surface area contributed by atoms with E-state index in [0.717, 1.165) is 19.4 Å². The molecule has 6 heteroatoms. The summed E-state index contributed by atoms with van der Waals surface area (Å²) in [6, 6.07) is 3.71. The Balaban J connectivity index is 1.75. The first kappa shape index (κ1) is 14.3. The molecular weight excluding hydrogens is 256 g/mol. The zero-order valence-corrected chi connectivity index (χ0v) is 11.6. The van der Waals surface area contributed by atoms with Crippen LogP contribution in [0.5, 0.6) is 0 Å². The zero-order chi connectivity index (χ0) is 14.4. The fraction of sp³-hybridized carbons (Fsp3) is 0.500. The van der Waals surface area contributed by atoms with Crippen LogP contribution in [0.3, 0.4) is 0 Å². The predicted molar refractivity (Wildman–Crippen MR) is 76.5 cm³/mol. The first-order valence-corrected chi connectivity index (χ1v) is 6.96. The molecule has 1 aliphatic rings. The molecule has 3 N–H and O–H groups in total. The van der Waals surface area contributed by atoms with E-state index in [0.29, 0.717) is 30.4 Å². The Morgan fingerprint density at radius 1 is 1.40 bits per heavy atom. The van der Waals surface area contributed by atoms with Crippen molar-refractivity contribution >= 4 is 17.6 Å². The summed E-state index contributed by atoms with van der Waals surface area (Å²) in [6.07, 6.45) is 4.05. The molecule has 1 aromatic rings. The number of rotatable bonds is 7. The van der Waals surface area contributed by atoms with Crippen molar-refractivity contribution in [3.63, 3.8) is 0 Å². The van der Waals surface area contributed by atoms with Crippen molar-refractivity contribution in [1.29, 1.82) is 0 Å². The molecule has 1 aromatic heterocycles. The summed E-state index contributed by atoms with van der Waals surface area (Å²) in [5, 5.41) is 8.67. The molecule has 0 spiro atoms. The molecule has 1 aliphatic carbocycles. The van der Waals surface area contributed by atoms with Crippen molar-refractivity contribution < 1.29 is 9.59 Å². The van der Waals surface area contributed by atoms with Gasteiger partial charge in [0.1, 0.15) is 5.82 Å². The smallest absolute Gasteiger partial charge is 0.251 e. The lowest BCUT2D eigenvalue weighted by Gasteiger charge is -2.07. The highest BCUT2D eigenvalue weighted by molar-refractivity contribution is 5.95. The van der Waals surface area contributed by atoms with Gasteiger partial charge in [0.25, 0.3) is 5.91 Å². The van der Waals surface area contributed by atoms with E-state index in [1.807, 2.05) is 6.92 Å². The number of hydrogen-bond donors (Lipinski definition) is 3. The van der Waals surface area contributed by atoms with Crippen LogP contribution in [0, 0.1) is 0 Å². The van der Waals surface area contributed by atoms with Gasteiger partial charge in [-0.25, -0.2) is 4.98 Å². The Kier molecular flexibility index (Phi) is 4.92. The van der Waals surface area contributed by atoms with Crippen molar-refractivity contribution in [3.05, 3.63) is 23.9 Å². The van der Waals surface area contributed by atoms with Crippen molar-refractivity contribution in [2.24, 2.45) is 0 Å². The van der Waals surface area contributed by atoms with Crippen LogP contribution in [-0.4, -0.2) is 35.9 Å². The maximum atomic E-state index is 11.9. The maximum absolute atomic E-state index is 11.9. The van der Waals surface area contributed by atoms with E-state index in [1.54, 1.807) is 18.3 Å². The third-order valence-corrected chi connectivity index (χ3v) is 2.96. The Labute approximate surface area is 118 Å². The molecule has 20 heavy (non-hydrogen) atoms. The van der Waals surface area contributed by atoms with E-state index in [4.69, 9.17) is 0 Å². The SMILES string of the molecule is CCNc1cc(C(=O)NCCC(=O)NC2CC2)ccn1. The molecule has 0 atom stereocenters. The number of amides is 2. The average Bonchev–Trinajstić information content (AvgIpc) is 3.23. The molecule has 0 aromatic carbocycles. The molecular formula is C14H20N4O2. The normalized spacial score (nSPS) is 13.7. The van der Waals surface area contributed by atoms with Crippen molar-refractivity contribution in [2.75, 3.05) is 18.4 Å². The van der Waals surface area contributed by atoms with E-state index in [-0.39, 0.29) is 11.8 Å². The van der Waals surface area contributed by atoms with Crippen molar-refractivity contribution in [3.8, 4) is 0 Å². The maximum Gasteiger partial charge on any atom is 0.251 e. The van der Waals surface area contributed by atoms with E-state index < -0.39 is 0 Å². The van der Waals surface area contributed by atoms with E-state index in [9.17, 15) is 9.59 Å². The van der Waals surface area contributed by atoms with Crippen LogP contribution in [0.25, 0.3) is 0 Å². The van der Waals surface area contributed by atoms with Crippen molar-refractivity contribution in [1.82, 2.24) is 15.6 Å². The molecule has 108 valence electrons. The molecule has 1 fully saturated rings. The molecule has 0 unspecified atom stereocenters. The second-order valence-electron chi connectivity index (χ2n) is 4.81. The summed E-state index contributed by atoms with van der Waals surface area (Å²) < 4.78 is 0. The minimum Gasteiger partial charge on any atom is -0.370 e. The summed E-state index contributed by atoms with van der Waals surface area (Å²) in [6.45, 7) is 3.06. The van der Waals surface area contributed by atoms with Crippen LogP contribution < -0.4 is 16.0 Å². The summed E-state index contributed by atoms with van der Waals surface area (Å²) >= 11 is 0. The van der Waals surface area contributed by atoms with Gasteiger partial charge in [0.15, 0.2) is 0 Å². The van der Waals surface area contributed by atoms with Crippen LogP contribution in [0.15, 0.2) is 18.3 Å². The van der Waals surface area contributed by atoms with Crippen LogP contribution in [0.2, 0.25) is 0 Å².